The zero-order valence-electron chi connectivity index (χ0n) is 19.0. The molecule has 33 heavy (non-hydrogen) atoms. The third kappa shape index (κ3) is 5.38. The van der Waals surface area contributed by atoms with E-state index in [4.69, 9.17) is 9.40 Å². The molecule has 0 radical (unpaired) electrons. The smallest absolute Gasteiger partial charge is 0.402 e. The second-order valence-corrected chi connectivity index (χ2v) is 9.68. The molecule has 1 unspecified atom stereocenters. The van der Waals surface area contributed by atoms with Crippen molar-refractivity contribution in [2.24, 2.45) is 0 Å². The highest BCUT2D eigenvalue weighted by molar-refractivity contribution is 5.90. The van der Waals surface area contributed by atoms with Crippen molar-refractivity contribution >= 4 is 22.6 Å². The number of fused-ring (bicyclic) bond motifs is 1. The van der Waals surface area contributed by atoms with Crippen LogP contribution in [0.3, 0.4) is 0 Å². The van der Waals surface area contributed by atoms with E-state index in [1.807, 2.05) is 27.7 Å². The topological polar surface area (TPSA) is 96.1 Å². The summed E-state index contributed by atoms with van der Waals surface area (Å²) in [6.07, 6.45) is -2.44. The lowest BCUT2D eigenvalue weighted by molar-refractivity contribution is -0.115. The molecule has 0 spiro atoms. The van der Waals surface area contributed by atoms with Crippen molar-refractivity contribution in [3.63, 3.8) is 0 Å². The first-order valence-electron chi connectivity index (χ1n) is 10.9. The van der Waals surface area contributed by atoms with Crippen molar-refractivity contribution in [1.29, 1.82) is 0 Å². The first-order valence-corrected chi connectivity index (χ1v) is 10.9. The Morgan fingerprint density at radius 2 is 1.88 bits per heavy atom. The molecule has 1 fully saturated rings. The minimum absolute atomic E-state index is 0.0784. The molecule has 2 aromatic heterocycles. The van der Waals surface area contributed by atoms with E-state index in [9.17, 15) is 18.3 Å². The highest BCUT2D eigenvalue weighted by atomic mass is 19.4. The monoisotopic (exact) mass is 463 g/mol. The molecule has 2 atom stereocenters. The van der Waals surface area contributed by atoms with Crippen molar-refractivity contribution in [2.45, 2.75) is 70.7 Å². The van der Waals surface area contributed by atoms with Crippen LogP contribution in [0.5, 0.6) is 0 Å². The fraction of sp³-hybridized carbons (Fsp3) is 0.522. The number of aliphatic hydroxyl groups excluding tert-OH is 1. The zero-order chi connectivity index (χ0) is 24.0. The minimum Gasteiger partial charge on any atom is -0.402 e. The van der Waals surface area contributed by atoms with Gasteiger partial charge in [0.05, 0.1) is 11.6 Å². The van der Waals surface area contributed by atoms with Gasteiger partial charge in [0.25, 0.3) is 5.89 Å². The van der Waals surface area contributed by atoms with Crippen molar-refractivity contribution in [3.05, 3.63) is 29.3 Å². The molecule has 178 valence electrons. The number of aryl methyl sites for hydroxylation is 1. The number of rotatable bonds is 5. The fourth-order valence-electron chi connectivity index (χ4n) is 4.13. The van der Waals surface area contributed by atoms with Gasteiger partial charge < -0.3 is 20.2 Å². The Labute approximate surface area is 189 Å². The quantitative estimate of drug-likeness (QED) is 0.479. The number of aromatic nitrogens is 3. The van der Waals surface area contributed by atoms with Gasteiger partial charge in [0.2, 0.25) is 0 Å². The SMILES string of the molecule is Cc1cc(-c2nnc(NC3CC[C@@H](O)C3)o2)nc2c(C(C)(C)C)cc(NCC(F)(F)F)cc12. The van der Waals surface area contributed by atoms with E-state index < -0.39 is 12.7 Å². The van der Waals surface area contributed by atoms with Crippen LogP contribution in [0, 0.1) is 6.92 Å². The van der Waals surface area contributed by atoms with Gasteiger partial charge in [-0.25, -0.2) is 4.98 Å². The van der Waals surface area contributed by atoms with E-state index >= 15 is 0 Å². The number of nitrogens with one attached hydrogen (secondary N) is 2. The van der Waals surface area contributed by atoms with Gasteiger partial charge in [0.1, 0.15) is 12.2 Å². The molecule has 0 bridgehead atoms. The number of nitrogens with zero attached hydrogens (tertiary/aromatic N) is 3. The van der Waals surface area contributed by atoms with Crippen LogP contribution in [-0.2, 0) is 5.41 Å². The van der Waals surface area contributed by atoms with Gasteiger partial charge in [-0.2, -0.15) is 13.2 Å². The molecular formula is C23H28F3N5O2. The molecule has 1 aliphatic rings. The van der Waals surface area contributed by atoms with Crippen molar-refractivity contribution < 1.29 is 22.7 Å². The maximum Gasteiger partial charge on any atom is 0.405 e. The predicted molar refractivity (Wildman–Crippen MR) is 120 cm³/mol. The van der Waals surface area contributed by atoms with Crippen LogP contribution >= 0.6 is 0 Å². The summed E-state index contributed by atoms with van der Waals surface area (Å²) in [6, 6.07) is 5.55. The number of hydrogen-bond acceptors (Lipinski definition) is 7. The molecular weight excluding hydrogens is 435 g/mol. The molecule has 1 aromatic carbocycles. The van der Waals surface area contributed by atoms with Crippen LogP contribution in [0.2, 0.25) is 0 Å². The lowest BCUT2D eigenvalue weighted by Gasteiger charge is -2.23. The van der Waals surface area contributed by atoms with Gasteiger partial charge in [-0.05, 0) is 60.9 Å². The number of hydrogen-bond donors (Lipinski definition) is 3. The summed E-state index contributed by atoms with van der Waals surface area (Å²) in [7, 11) is 0. The molecule has 1 saturated carbocycles. The van der Waals surface area contributed by atoms with Gasteiger partial charge in [-0.1, -0.05) is 25.9 Å². The molecule has 10 heteroatoms. The number of halogens is 3. The lowest BCUT2D eigenvalue weighted by atomic mass is 9.84. The maximum atomic E-state index is 12.7. The minimum atomic E-state index is -4.31. The van der Waals surface area contributed by atoms with E-state index in [2.05, 4.69) is 20.8 Å². The van der Waals surface area contributed by atoms with Gasteiger partial charge in [-0.3, -0.25) is 0 Å². The molecule has 0 aliphatic heterocycles. The largest absolute Gasteiger partial charge is 0.405 e. The number of anilines is 2. The Morgan fingerprint density at radius 3 is 2.52 bits per heavy atom. The normalized spacial score (nSPS) is 19.3. The number of pyridine rings is 1. The molecule has 7 nitrogen and oxygen atoms in total. The van der Waals surface area contributed by atoms with Crippen LogP contribution in [0.1, 0.15) is 51.2 Å². The van der Waals surface area contributed by atoms with Crippen LogP contribution in [-0.4, -0.2) is 45.2 Å². The average Bonchev–Trinajstić information content (AvgIpc) is 3.34. The molecule has 3 aromatic rings. The molecule has 4 rings (SSSR count). The molecule has 0 saturated heterocycles. The Bertz CT molecular complexity index is 1150. The van der Waals surface area contributed by atoms with Gasteiger partial charge >= 0.3 is 12.2 Å². The Hall–Kier alpha value is -2.88. The van der Waals surface area contributed by atoms with E-state index in [0.717, 1.165) is 29.4 Å². The molecule has 0 amide bonds. The van der Waals surface area contributed by atoms with Crippen molar-refractivity contribution in [1.82, 2.24) is 15.2 Å². The predicted octanol–water partition coefficient (Wildman–Crippen LogP) is 5.19. The summed E-state index contributed by atoms with van der Waals surface area (Å²) in [5.74, 6) is 0.250. The first-order chi connectivity index (χ1) is 15.4. The Morgan fingerprint density at radius 1 is 1.12 bits per heavy atom. The van der Waals surface area contributed by atoms with Gasteiger partial charge in [-0.15, -0.1) is 5.10 Å². The lowest BCUT2D eigenvalue weighted by Crippen LogP contribution is -2.22. The van der Waals surface area contributed by atoms with E-state index in [0.29, 0.717) is 23.3 Å². The third-order valence-electron chi connectivity index (χ3n) is 5.80. The first kappa shape index (κ1) is 23.3. The summed E-state index contributed by atoms with van der Waals surface area (Å²) < 4.78 is 44.0. The van der Waals surface area contributed by atoms with Crippen LogP contribution < -0.4 is 10.6 Å². The van der Waals surface area contributed by atoms with Crippen LogP contribution in [0.4, 0.5) is 24.9 Å². The van der Waals surface area contributed by atoms with E-state index in [1.165, 1.54) is 0 Å². The number of benzene rings is 1. The summed E-state index contributed by atoms with van der Waals surface area (Å²) in [6.45, 7) is 6.74. The highest BCUT2D eigenvalue weighted by Gasteiger charge is 2.28. The zero-order valence-corrected chi connectivity index (χ0v) is 19.0. The molecule has 3 N–H and O–H groups in total. The van der Waals surface area contributed by atoms with Gasteiger partial charge in [0.15, 0.2) is 0 Å². The molecule has 1 aliphatic carbocycles. The number of alkyl halides is 3. The second kappa shape index (κ2) is 8.48. The summed E-state index contributed by atoms with van der Waals surface area (Å²) >= 11 is 0. The molecule has 2 heterocycles. The second-order valence-electron chi connectivity index (χ2n) is 9.68. The highest BCUT2D eigenvalue weighted by Crippen LogP contribution is 2.35. The third-order valence-corrected chi connectivity index (χ3v) is 5.80. The standard InChI is InChI=1S/C23H28F3N5O2/c1-12-7-18(20-30-31-21(33-20)28-13-5-6-15(32)8-13)29-19-16(12)9-14(27-11-23(24,25)26)10-17(19)22(2,3)4/h7,9-10,13,15,27,32H,5-6,8,11H2,1-4H3,(H,28,31)/t13?,15-/m1/s1. The Balaban J connectivity index is 1.70. The van der Waals surface area contributed by atoms with Crippen molar-refractivity contribution in [3.8, 4) is 11.6 Å². The maximum absolute atomic E-state index is 12.7. The fourth-order valence-corrected chi connectivity index (χ4v) is 4.13. The van der Waals surface area contributed by atoms with Crippen LogP contribution in [0.25, 0.3) is 22.5 Å². The van der Waals surface area contributed by atoms with Gasteiger partial charge in [0, 0.05) is 17.1 Å². The van der Waals surface area contributed by atoms with E-state index in [1.54, 1.807) is 18.2 Å². The summed E-state index contributed by atoms with van der Waals surface area (Å²) in [5, 5.41) is 24.3. The van der Waals surface area contributed by atoms with E-state index in [-0.39, 0.29) is 29.5 Å². The summed E-state index contributed by atoms with van der Waals surface area (Å²) in [4.78, 5) is 4.77. The summed E-state index contributed by atoms with van der Waals surface area (Å²) in [5.41, 5.74) is 2.85. The average molecular weight is 464 g/mol. The Kier molecular flexibility index (Phi) is 5.98. The van der Waals surface area contributed by atoms with Crippen LogP contribution in [0.15, 0.2) is 22.6 Å². The number of aliphatic hydroxyl groups is 1. The van der Waals surface area contributed by atoms with Crippen molar-refractivity contribution in [2.75, 3.05) is 17.2 Å².